The number of anilines is 1. The van der Waals surface area contributed by atoms with Gasteiger partial charge in [0, 0.05) is 30.8 Å². The van der Waals surface area contributed by atoms with Gasteiger partial charge in [-0.1, -0.05) is 0 Å². The fourth-order valence-electron chi connectivity index (χ4n) is 1.31. The summed E-state index contributed by atoms with van der Waals surface area (Å²) in [6.45, 7) is 1.87. The monoisotopic (exact) mass is 225 g/mol. The van der Waals surface area contributed by atoms with Crippen LogP contribution in [0.5, 0.6) is 0 Å². The summed E-state index contributed by atoms with van der Waals surface area (Å²) in [5.74, 6) is 0. The van der Waals surface area contributed by atoms with Crippen LogP contribution in [0.15, 0.2) is 29.2 Å². The van der Waals surface area contributed by atoms with Crippen molar-refractivity contribution >= 4 is 17.4 Å². The van der Waals surface area contributed by atoms with Crippen LogP contribution < -0.4 is 5.32 Å². The van der Waals surface area contributed by atoms with E-state index in [1.165, 1.54) is 10.6 Å². The van der Waals surface area contributed by atoms with Crippen molar-refractivity contribution in [2.45, 2.75) is 17.7 Å². The Morgan fingerprint density at radius 1 is 1.20 bits per heavy atom. The molecule has 1 rings (SSSR count). The van der Waals surface area contributed by atoms with Gasteiger partial charge in [-0.15, -0.1) is 11.8 Å². The van der Waals surface area contributed by atoms with E-state index in [9.17, 15) is 0 Å². The number of hydrogen-bond acceptors (Lipinski definition) is 3. The number of unbranched alkanes of at least 4 members (excludes halogenated alkanes) is 1. The molecular formula is C12H19NOS. The van der Waals surface area contributed by atoms with Gasteiger partial charge in [0.15, 0.2) is 0 Å². The summed E-state index contributed by atoms with van der Waals surface area (Å²) in [7, 11) is 1.74. The average Bonchev–Trinajstić information content (AvgIpc) is 2.30. The third-order valence-corrected chi connectivity index (χ3v) is 2.94. The Balaban J connectivity index is 2.20. The van der Waals surface area contributed by atoms with E-state index in [1.54, 1.807) is 18.9 Å². The van der Waals surface area contributed by atoms with Gasteiger partial charge in [-0.25, -0.2) is 0 Å². The third-order valence-electron chi connectivity index (χ3n) is 2.19. The number of rotatable bonds is 7. The zero-order chi connectivity index (χ0) is 10.9. The summed E-state index contributed by atoms with van der Waals surface area (Å²) >= 11 is 1.77. The molecule has 0 radical (unpaired) electrons. The van der Waals surface area contributed by atoms with Crippen molar-refractivity contribution in [3.63, 3.8) is 0 Å². The summed E-state index contributed by atoms with van der Waals surface area (Å²) in [4.78, 5) is 1.31. The Morgan fingerprint density at radius 3 is 2.53 bits per heavy atom. The molecule has 0 aromatic heterocycles. The van der Waals surface area contributed by atoms with Crippen LogP contribution in [0.1, 0.15) is 12.8 Å². The van der Waals surface area contributed by atoms with Gasteiger partial charge in [-0.3, -0.25) is 0 Å². The van der Waals surface area contributed by atoms with Crippen molar-refractivity contribution < 1.29 is 4.74 Å². The maximum atomic E-state index is 4.99. The van der Waals surface area contributed by atoms with E-state index >= 15 is 0 Å². The van der Waals surface area contributed by atoms with E-state index in [-0.39, 0.29) is 0 Å². The Labute approximate surface area is 96.4 Å². The molecule has 0 saturated carbocycles. The molecule has 3 heteroatoms. The van der Waals surface area contributed by atoms with Crippen molar-refractivity contribution in [2.24, 2.45) is 0 Å². The highest BCUT2D eigenvalue weighted by Crippen LogP contribution is 2.17. The molecule has 15 heavy (non-hydrogen) atoms. The highest BCUT2D eigenvalue weighted by Gasteiger charge is 1.92. The highest BCUT2D eigenvalue weighted by molar-refractivity contribution is 7.98. The Bertz CT molecular complexity index is 261. The van der Waals surface area contributed by atoms with Crippen molar-refractivity contribution in [3.05, 3.63) is 24.3 Å². The summed E-state index contributed by atoms with van der Waals surface area (Å²) in [6.07, 6.45) is 4.36. The second-order valence-corrected chi connectivity index (χ2v) is 4.23. The van der Waals surface area contributed by atoms with Crippen LogP contribution in [0, 0.1) is 0 Å². The third kappa shape index (κ3) is 5.09. The van der Waals surface area contributed by atoms with Gasteiger partial charge in [0.05, 0.1) is 0 Å². The summed E-state index contributed by atoms with van der Waals surface area (Å²) in [5.41, 5.74) is 1.20. The minimum atomic E-state index is 0.854. The van der Waals surface area contributed by atoms with Gasteiger partial charge in [-0.05, 0) is 43.4 Å². The quantitative estimate of drug-likeness (QED) is 0.568. The normalized spacial score (nSPS) is 10.3. The molecule has 0 aliphatic rings. The first kappa shape index (κ1) is 12.4. The Hall–Kier alpha value is -0.670. The van der Waals surface area contributed by atoms with Gasteiger partial charge in [0.1, 0.15) is 0 Å². The van der Waals surface area contributed by atoms with Crippen molar-refractivity contribution in [2.75, 3.05) is 31.8 Å². The average molecular weight is 225 g/mol. The zero-order valence-electron chi connectivity index (χ0n) is 9.45. The molecule has 0 saturated heterocycles. The molecule has 0 aliphatic heterocycles. The summed E-state index contributed by atoms with van der Waals surface area (Å²) in [5, 5.41) is 3.39. The lowest BCUT2D eigenvalue weighted by molar-refractivity contribution is 0.194. The van der Waals surface area contributed by atoms with E-state index in [0.29, 0.717) is 0 Å². The van der Waals surface area contributed by atoms with Gasteiger partial charge in [-0.2, -0.15) is 0 Å². The Kier molecular flexibility index (Phi) is 6.28. The fraction of sp³-hybridized carbons (Fsp3) is 0.500. The minimum absolute atomic E-state index is 0.854. The van der Waals surface area contributed by atoms with Crippen molar-refractivity contribution in [1.29, 1.82) is 0 Å². The predicted octanol–water partition coefficient (Wildman–Crippen LogP) is 3.25. The molecule has 0 amide bonds. The standard InChI is InChI=1S/C12H19NOS/c1-14-10-4-3-9-13-11-5-7-12(15-2)8-6-11/h5-8,13H,3-4,9-10H2,1-2H3. The molecule has 0 aliphatic carbocycles. The first-order valence-electron chi connectivity index (χ1n) is 5.23. The highest BCUT2D eigenvalue weighted by atomic mass is 32.2. The number of methoxy groups -OCH3 is 1. The molecule has 0 unspecified atom stereocenters. The lowest BCUT2D eigenvalue weighted by atomic mass is 10.3. The second-order valence-electron chi connectivity index (χ2n) is 3.36. The second kappa shape index (κ2) is 7.60. The molecule has 1 N–H and O–H groups in total. The topological polar surface area (TPSA) is 21.3 Å². The lowest BCUT2D eigenvalue weighted by Crippen LogP contribution is -2.02. The number of hydrogen-bond donors (Lipinski definition) is 1. The number of ether oxygens (including phenoxy) is 1. The maximum Gasteiger partial charge on any atom is 0.0462 e. The maximum absolute atomic E-state index is 4.99. The molecular weight excluding hydrogens is 206 g/mol. The molecule has 1 aromatic carbocycles. The molecule has 0 spiro atoms. The van der Waals surface area contributed by atoms with Crippen LogP contribution in [0.2, 0.25) is 0 Å². The number of nitrogens with one attached hydrogen (secondary N) is 1. The van der Waals surface area contributed by atoms with Gasteiger partial charge in [0.2, 0.25) is 0 Å². The fourth-order valence-corrected chi connectivity index (χ4v) is 1.72. The molecule has 2 nitrogen and oxygen atoms in total. The molecule has 0 atom stereocenters. The van der Waals surface area contributed by atoms with E-state index in [4.69, 9.17) is 4.74 Å². The van der Waals surface area contributed by atoms with Crippen LogP contribution in [0.3, 0.4) is 0 Å². The van der Waals surface area contributed by atoms with Crippen molar-refractivity contribution in [3.8, 4) is 0 Å². The van der Waals surface area contributed by atoms with Crippen LogP contribution in [0.25, 0.3) is 0 Å². The zero-order valence-corrected chi connectivity index (χ0v) is 10.3. The molecule has 0 fully saturated rings. The minimum Gasteiger partial charge on any atom is -0.385 e. The molecule has 0 heterocycles. The first-order chi connectivity index (χ1) is 7.36. The Morgan fingerprint density at radius 2 is 1.93 bits per heavy atom. The van der Waals surface area contributed by atoms with E-state index in [0.717, 1.165) is 26.0 Å². The smallest absolute Gasteiger partial charge is 0.0462 e. The van der Waals surface area contributed by atoms with Crippen LogP contribution in [-0.2, 0) is 4.74 Å². The van der Waals surface area contributed by atoms with E-state index < -0.39 is 0 Å². The largest absolute Gasteiger partial charge is 0.385 e. The number of benzene rings is 1. The summed E-state index contributed by atoms with van der Waals surface area (Å²) in [6, 6.07) is 8.54. The van der Waals surface area contributed by atoms with Crippen LogP contribution in [-0.4, -0.2) is 26.5 Å². The van der Waals surface area contributed by atoms with Gasteiger partial charge < -0.3 is 10.1 Å². The lowest BCUT2D eigenvalue weighted by Gasteiger charge is -2.06. The van der Waals surface area contributed by atoms with E-state index in [2.05, 4.69) is 35.8 Å². The van der Waals surface area contributed by atoms with E-state index in [1.807, 2.05) is 0 Å². The molecule has 1 aromatic rings. The molecule has 84 valence electrons. The van der Waals surface area contributed by atoms with Crippen LogP contribution in [0.4, 0.5) is 5.69 Å². The SMILES string of the molecule is COCCCCNc1ccc(SC)cc1. The van der Waals surface area contributed by atoms with Gasteiger partial charge in [0.25, 0.3) is 0 Å². The van der Waals surface area contributed by atoms with Crippen LogP contribution >= 0.6 is 11.8 Å². The van der Waals surface area contributed by atoms with Gasteiger partial charge >= 0.3 is 0 Å². The predicted molar refractivity (Wildman–Crippen MR) is 67.8 cm³/mol. The molecule has 0 bridgehead atoms. The van der Waals surface area contributed by atoms with Crippen molar-refractivity contribution in [1.82, 2.24) is 0 Å². The number of thioether (sulfide) groups is 1. The first-order valence-corrected chi connectivity index (χ1v) is 6.46. The summed E-state index contributed by atoms with van der Waals surface area (Å²) < 4.78 is 4.99.